The molecule has 0 spiro atoms. The van der Waals surface area contributed by atoms with Crippen molar-refractivity contribution in [1.82, 2.24) is 0 Å². The number of hydrogen-bond acceptors (Lipinski definition) is 9. The Morgan fingerprint density at radius 2 is 0.967 bits per heavy atom. The molecule has 0 aliphatic carbocycles. The normalized spacial score (nSPS) is 20.8. The van der Waals surface area contributed by atoms with Crippen LogP contribution in [0.5, 0.6) is 0 Å². The van der Waals surface area contributed by atoms with Crippen molar-refractivity contribution in [2.75, 3.05) is 26.4 Å². The summed E-state index contributed by atoms with van der Waals surface area (Å²) in [5.74, 6) is -0.336. The quantitative estimate of drug-likeness (QED) is 0.0271. The van der Waals surface area contributed by atoms with Crippen molar-refractivity contribution in [3.63, 3.8) is 0 Å². The van der Waals surface area contributed by atoms with Gasteiger partial charge in [0.2, 0.25) is 0 Å². The molecule has 1 heterocycles. The minimum absolute atomic E-state index is 0.128. The van der Waals surface area contributed by atoms with Gasteiger partial charge in [0.15, 0.2) is 6.29 Å². The molecule has 1 fully saturated rings. The lowest BCUT2D eigenvalue weighted by Crippen LogP contribution is -2.59. The SMILES string of the molecule is CC/C=C\C/C=C\C/C=C\C/C=C\CCCCCCCCCCCOCC(COC1OC(CO)C(O)C(O)C1O)OC(=O)CCCCCCC/C=C\C/C=C\C/C=C\CC. The van der Waals surface area contributed by atoms with Gasteiger partial charge in [-0.2, -0.15) is 0 Å². The van der Waals surface area contributed by atoms with E-state index in [0.29, 0.717) is 13.0 Å². The van der Waals surface area contributed by atoms with Crippen molar-refractivity contribution in [2.45, 2.75) is 205 Å². The van der Waals surface area contributed by atoms with E-state index in [-0.39, 0.29) is 19.2 Å². The van der Waals surface area contributed by atoms with Gasteiger partial charge >= 0.3 is 5.97 Å². The number of esters is 1. The van der Waals surface area contributed by atoms with Gasteiger partial charge in [0.25, 0.3) is 0 Å². The van der Waals surface area contributed by atoms with Crippen LogP contribution in [0.4, 0.5) is 0 Å². The Morgan fingerprint density at radius 3 is 1.45 bits per heavy atom. The van der Waals surface area contributed by atoms with Crippen LogP contribution in [-0.2, 0) is 23.7 Å². The van der Waals surface area contributed by atoms with Crippen LogP contribution in [0.3, 0.4) is 0 Å². The Hall–Kier alpha value is -2.63. The van der Waals surface area contributed by atoms with Gasteiger partial charge in [-0.3, -0.25) is 4.79 Å². The number of allylic oxidation sites excluding steroid dienone is 14. The largest absolute Gasteiger partial charge is 0.457 e. The molecule has 0 aromatic heterocycles. The summed E-state index contributed by atoms with van der Waals surface area (Å²) in [5.41, 5.74) is 0. The number of carbonyl (C=O) groups is 1. The third-order valence-electron chi connectivity index (χ3n) is 10.3. The molecule has 1 saturated heterocycles. The molecule has 0 aromatic carbocycles. The fourth-order valence-corrected chi connectivity index (χ4v) is 6.67. The van der Waals surface area contributed by atoms with Gasteiger partial charge < -0.3 is 39.4 Å². The number of rotatable bonds is 39. The Labute approximate surface area is 365 Å². The maximum atomic E-state index is 12.8. The number of ether oxygens (including phenoxy) is 4. The second-order valence-corrected chi connectivity index (χ2v) is 15.8. The van der Waals surface area contributed by atoms with E-state index < -0.39 is 43.4 Å². The average Bonchev–Trinajstić information content (AvgIpc) is 3.25. The predicted octanol–water partition coefficient (Wildman–Crippen LogP) is 11.0. The van der Waals surface area contributed by atoms with E-state index in [0.717, 1.165) is 109 Å². The summed E-state index contributed by atoms with van der Waals surface area (Å²) >= 11 is 0. The zero-order chi connectivity index (χ0) is 43.6. The minimum Gasteiger partial charge on any atom is -0.457 e. The van der Waals surface area contributed by atoms with Gasteiger partial charge in [0.05, 0.1) is 19.8 Å². The lowest BCUT2D eigenvalue weighted by atomic mass is 9.99. The van der Waals surface area contributed by atoms with Crippen molar-refractivity contribution in [3.8, 4) is 0 Å². The standard InChI is InChI=1S/C51H86O9/c1-3-5-7-9-11-13-15-17-19-20-21-22-23-24-25-27-29-31-33-35-37-39-41-57-43-45(44-58-51-50(56)49(55)48(54)46(42-52)60-51)59-47(53)40-38-36-34-32-30-28-26-18-16-14-12-10-8-6-4-2/h5-8,11-14,17-19,21-22,26,45-46,48-52,54-56H,3-4,9-10,15-16,20,23-25,27-44H2,1-2H3/b7-5-,8-6-,13-11-,14-12-,19-17-,22-21-,26-18-. The molecule has 344 valence electrons. The van der Waals surface area contributed by atoms with E-state index in [4.69, 9.17) is 18.9 Å². The van der Waals surface area contributed by atoms with E-state index in [1.54, 1.807) is 0 Å². The molecule has 0 saturated carbocycles. The van der Waals surface area contributed by atoms with E-state index in [9.17, 15) is 25.2 Å². The van der Waals surface area contributed by atoms with E-state index in [2.05, 4.69) is 98.9 Å². The van der Waals surface area contributed by atoms with Crippen molar-refractivity contribution < 1.29 is 44.2 Å². The van der Waals surface area contributed by atoms with Crippen molar-refractivity contribution in [1.29, 1.82) is 0 Å². The maximum absolute atomic E-state index is 12.8. The highest BCUT2D eigenvalue weighted by atomic mass is 16.7. The number of aliphatic hydroxyl groups is 4. The van der Waals surface area contributed by atoms with Gasteiger partial charge in [0.1, 0.15) is 30.5 Å². The Balaban J connectivity index is 2.25. The number of unbranched alkanes of at least 4 members (excludes halogenated alkanes) is 14. The van der Waals surface area contributed by atoms with Crippen LogP contribution >= 0.6 is 0 Å². The van der Waals surface area contributed by atoms with Crippen LogP contribution in [-0.4, -0.2) is 89.6 Å². The molecule has 4 N–H and O–H groups in total. The van der Waals surface area contributed by atoms with Gasteiger partial charge in [-0.15, -0.1) is 0 Å². The van der Waals surface area contributed by atoms with Crippen LogP contribution in [0.2, 0.25) is 0 Å². The molecule has 0 amide bonds. The molecule has 1 aliphatic heterocycles. The summed E-state index contributed by atoms with van der Waals surface area (Å²) in [7, 11) is 0. The summed E-state index contributed by atoms with van der Waals surface area (Å²) < 4.78 is 22.8. The second kappa shape index (κ2) is 41.7. The smallest absolute Gasteiger partial charge is 0.306 e. The van der Waals surface area contributed by atoms with E-state index in [1.807, 2.05) is 0 Å². The number of carbonyl (C=O) groups excluding carboxylic acids is 1. The fourth-order valence-electron chi connectivity index (χ4n) is 6.67. The summed E-state index contributed by atoms with van der Waals surface area (Å²) in [6.45, 7) is 4.28. The van der Waals surface area contributed by atoms with Crippen molar-refractivity contribution >= 4 is 5.97 Å². The van der Waals surface area contributed by atoms with Crippen LogP contribution in [0.1, 0.15) is 168 Å². The summed E-state index contributed by atoms with van der Waals surface area (Å²) in [4.78, 5) is 12.8. The maximum Gasteiger partial charge on any atom is 0.306 e. The third kappa shape index (κ3) is 32.1. The van der Waals surface area contributed by atoms with Crippen LogP contribution < -0.4 is 0 Å². The van der Waals surface area contributed by atoms with E-state index in [1.165, 1.54) is 38.5 Å². The van der Waals surface area contributed by atoms with Gasteiger partial charge in [-0.1, -0.05) is 163 Å². The molecule has 0 aromatic rings. The molecule has 9 nitrogen and oxygen atoms in total. The topological polar surface area (TPSA) is 135 Å². The zero-order valence-electron chi connectivity index (χ0n) is 37.7. The number of aliphatic hydroxyl groups excluding tert-OH is 4. The summed E-state index contributed by atoms with van der Waals surface area (Å²) in [6.07, 6.45) is 48.9. The molecule has 0 radical (unpaired) electrons. The molecule has 6 atom stereocenters. The molecule has 0 bridgehead atoms. The highest BCUT2D eigenvalue weighted by Gasteiger charge is 2.44. The lowest BCUT2D eigenvalue weighted by Gasteiger charge is -2.39. The van der Waals surface area contributed by atoms with Gasteiger partial charge in [-0.25, -0.2) is 0 Å². The minimum atomic E-state index is -1.55. The summed E-state index contributed by atoms with van der Waals surface area (Å²) in [5, 5.41) is 40.2. The van der Waals surface area contributed by atoms with Crippen LogP contribution in [0.25, 0.3) is 0 Å². The Kier molecular flexibility index (Phi) is 38.5. The molecule has 1 rings (SSSR count). The monoisotopic (exact) mass is 843 g/mol. The van der Waals surface area contributed by atoms with Crippen molar-refractivity contribution in [3.05, 3.63) is 85.1 Å². The molecular weight excluding hydrogens is 757 g/mol. The first-order valence-corrected chi connectivity index (χ1v) is 23.7. The second-order valence-electron chi connectivity index (χ2n) is 15.8. The van der Waals surface area contributed by atoms with Gasteiger partial charge in [0, 0.05) is 13.0 Å². The number of hydrogen-bond donors (Lipinski definition) is 4. The third-order valence-corrected chi connectivity index (χ3v) is 10.3. The zero-order valence-corrected chi connectivity index (χ0v) is 37.7. The fraction of sp³-hybridized carbons (Fsp3) is 0.706. The lowest BCUT2D eigenvalue weighted by molar-refractivity contribution is -0.305. The first-order chi connectivity index (χ1) is 29.4. The van der Waals surface area contributed by atoms with Gasteiger partial charge in [-0.05, 0) is 83.5 Å². The first kappa shape index (κ1) is 55.4. The Morgan fingerprint density at radius 1 is 0.533 bits per heavy atom. The highest BCUT2D eigenvalue weighted by molar-refractivity contribution is 5.69. The van der Waals surface area contributed by atoms with E-state index >= 15 is 0 Å². The molecule has 1 aliphatic rings. The van der Waals surface area contributed by atoms with Crippen LogP contribution in [0.15, 0.2) is 85.1 Å². The molecule has 9 heteroatoms. The summed E-state index contributed by atoms with van der Waals surface area (Å²) in [6, 6.07) is 0. The average molecular weight is 843 g/mol. The first-order valence-electron chi connectivity index (χ1n) is 23.7. The molecular formula is C51H86O9. The van der Waals surface area contributed by atoms with Crippen molar-refractivity contribution in [2.24, 2.45) is 0 Å². The van der Waals surface area contributed by atoms with Crippen LogP contribution in [0, 0.1) is 0 Å². The molecule has 6 unspecified atom stereocenters. The predicted molar refractivity (Wildman–Crippen MR) is 247 cm³/mol. The Bertz CT molecular complexity index is 1190. The highest BCUT2D eigenvalue weighted by Crippen LogP contribution is 2.22. The molecule has 60 heavy (non-hydrogen) atoms.